The van der Waals surface area contributed by atoms with Crippen LogP contribution in [0.5, 0.6) is 0 Å². The molecule has 0 radical (unpaired) electrons. The van der Waals surface area contributed by atoms with Gasteiger partial charge in [0.05, 0.1) is 30.7 Å². The van der Waals surface area contributed by atoms with E-state index in [1.165, 1.54) is 23.3 Å². The van der Waals surface area contributed by atoms with Crippen molar-refractivity contribution in [1.29, 1.82) is 5.26 Å². The molecule has 0 bridgehead atoms. The summed E-state index contributed by atoms with van der Waals surface area (Å²) in [5, 5.41) is 13.9. The van der Waals surface area contributed by atoms with Crippen molar-refractivity contribution in [2.24, 2.45) is 0 Å². The predicted octanol–water partition coefficient (Wildman–Crippen LogP) is 3.71. The summed E-state index contributed by atoms with van der Waals surface area (Å²) in [6.07, 6.45) is 0. The van der Waals surface area contributed by atoms with Crippen LogP contribution in [0.3, 0.4) is 0 Å². The number of nitrogens with zero attached hydrogens (tertiary/aromatic N) is 2. The lowest BCUT2D eigenvalue weighted by molar-refractivity contribution is -0.142. The number of esters is 1. The molecule has 1 aromatic heterocycles. The molecule has 0 aliphatic carbocycles. The van der Waals surface area contributed by atoms with E-state index >= 15 is 0 Å². The largest absolute Gasteiger partial charge is 0.468 e. The van der Waals surface area contributed by atoms with Crippen molar-refractivity contribution >= 4 is 34.8 Å². The summed E-state index contributed by atoms with van der Waals surface area (Å²) in [5.74, 6) is -2.01. The van der Waals surface area contributed by atoms with Crippen molar-refractivity contribution in [2.45, 2.75) is 12.0 Å². The van der Waals surface area contributed by atoms with Crippen molar-refractivity contribution in [3.63, 3.8) is 0 Å². The summed E-state index contributed by atoms with van der Waals surface area (Å²) in [5.41, 5.74) is 1.86. The Balaban J connectivity index is 1.81. The molecule has 2 amide bonds. The average molecular weight is 446 g/mol. The normalized spacial score (nSPS) is 17.2. The summed E-state index contributed by atoms with van der Waals surface area (Å²) in [7, 11) is 1.26. The van der Waals surface area contributed by atoms with Gasteiger partial charge in [0.2, 0.25) is 5.91 Å². The fourth-order valence-electron chi connectivity index (χ4n) is 3.92. The number of nitriles is 1. The number of nitrogens with one attached hydrogen (secondary N) is 1. The molecule has 0 spiro atoms. The number of hydrogen-bond donors (Lipinski definition) is 1. The number of carbonyl (C=O) groups is 3. The van der Waals surface area contributed by atoms with Gasteiger partial charge in [0, 0.05) is 16.1 Å². The molecule has 1 N–H and O–H groups in total. The van der Waals surface area contributed by atoms with Gasteiger partial charge in [0.1, 0.15) is 6.54 Å². The van der Waals surface area contributed by atoms with Gasteiger partial charge in [-0.1, -0.05) is 30.3 Å². The molecule has 2 heterocycles. The molecule has 1 aliphatic rings. The highest BCUT2D eigenvalue weighted by molar-refractivity contribution is 7.10. The highest BCUT2D eigenvalue weighted by Crippen LogP contribution is 2.44. The van der Waals surface area contributed by atoms with Crippen LogP contribution in [0, 0.1) is 11.3 Å². The summed E-state index contributed by atoms with van der Waals surface area (Å²) in [4.78, 5) is 41.3. The number of rotatable bonds is 5. The Hall–Kier alpha value is -3.96. The Kier molecular flexibility index (Phi) is 6.01. The lowest BCUT2D eigenvalue weighted by Gasteiger charge is -2.40. The molecule has 0 saturated carbocycles. The fourth-order valence-corrected chi connectivity index (χ4v) is 4.79. The number of hydrogen-bond acceptors (Lipinski definition) is 6. The second-order valence-electron chi connectivity index (χ2n) is 7.22. The predicted molar refractivity (Wildman–Crippen MR) is 119 cm³/mol. The van der Waals surface area contributed by atoms with E-state index in [0.29, 0.717) is 22.4 Å². The Morgan fingerprint density at radius 3 is 2.69 bits per heavy atom. The fraction of sp³-hybridized carbons (Fsp3) is 0.167. The van der Waals surface area contributed by atoms with E-state index in [9.17, 15) is 14.4 Å². The minimum absolute atomic E-state index is 0.278. The molecule has 160 valence electrons. The number of methoxy groups -OCH3 is 1. The number of ether oxygens (including phenoxy) is 1. The molecule has 1 aliphatic heterocycles. The summed E-state index contributed by atoms with van der Waals surface area (Å²) in [6, 6.07) is 18.6. The third kappa shape index (κ3) is 3.98. The summed E-state index contributed by atoms with van der Waals surface area (Å²) >= 11 is 1.41. The SMILES string of the molecule is COC(=O)CN1C(=O)c2ccccc2[C@H](C(=O)Nc2cccc(C#N)c2)[C@H]1c1cccs1. The smallest absolute Gasteiger partial charge is 0.325 e. The van der Waals surface area contributed by atoms with E-state index in [1.807, 2.05) is 17.5 Å². The summed E-state index contributed by atoms with van der Waals surface area (Å²) in [6.45, 7) is -0.278. The highest BCUT2D eigenvalue weighted by Gasteiger charge is 2.45. The quantitative estimate of drug-likeness (QED) is 0.604. The third-order valence-electron chi connectivity index (χ3n) is 5.34. The highest BCUT2D eigenvalue weighted by atomic mass is 32.1. The monoisotopic (exact) mass is 445 g/mol. The first-order valence-corrected chi connectivity index (χ1v) is 10.7. The van der Waals surface area contributed by atoms with E-state index in [4.69, 9.17) is 10.00 Å². The number of carbonyl (C=O) groups excluding carboxylic acids is 3. The van der Waals surface area contributed by atoms with Crippen LogP contribution >= 0.6 is 11.3 Å². The minimum Gasteiger partial charge on any atom is -0.468 e. The van der Waals surface area contributed by atoms with Crippen LogP contribution in [0.25, 0.3) is 0 Å². The van der Waals surface area contributed by atoms with Crippen LogP contribution in [0.4, 0.5) is 5.69 Å². The van der Waals surface area contributed by atoms with Gasteiger partial charge in [-0.15, -0.1) is 11.3 Å². The van der Waals surface area contributed by atoms with Gasteiger partial charge in [0.15, 0.2) is 0 Å². The van der Waals surface area contributed by atoms with E-state index in [-0.39, 0.29) is 18.4 Å². The molecule has 0 fully saturated rings. The number of anilines is 1. The van der Waals surface area contributed by atoms with Crippen molar-refractivity contribution in [3.05, 3.63) is 87.6 Å². The van der Waals surface area contributed by atoms with Gasteiger partial charge in [-0.3, -0.25) is 14.4 Å². The Morgan fingerprint density at radius 1 is 1.16 bits per heavy atom. The zero-order valence-corrected chi connectivity index (χ0v) is 18.0. The second-order valence-corrected chi connectivity index (χ2v) is 8.20. The lowest BCUT2D eigenvalue weighted by atomic mass is 9.81. The number of thiophene rings is 1. The molecule has 8 heteroatoms. The first kappa shape index (κ1) is 21.3. The van der Waals surface area contributed by atoms with Gasteiger partial charge >= 0.3 is 5.97 Å². The lowest BCUT2D eigenvalue weighted by Crippen LogP contribution is -2.48. The van der Waals surface area contributed by atoms with Gasteiger partial charge in [-0.25, -0.2) is 0 Å². The first-order valence-electron chi connectivity index (χ1n) is 9.84. The molecule has 0 unspecified atom stereocenters. The van der Waals surface area contributed by atoms with Crippen LogP contribution in [-0.2, 0) is 14.3 Å². The number of benzene rings is 2. The molecule has 0 saturated heterocycles. The first-order chi connectivity index (χ1) is 15.5. The molecule has 2 aromatic carbocycles. The Bertz CT molecular complexity index is 1220. The van der Waals surface area contributed by atoms with Crippen molar-refractivity contribution in [1.82, 2.24) is 4.90 Å². The maximum Gasteiger partial charge on any atom is 0.325 e. The zero-order chi connectivity index (χ0) is 22.7. The van der Waals surface area contributed by atoms with Crippen molar-refractivity contribution in [2.75, 3.05) is 19.0 Å². The van der Waals surface area contributed by atoms with Crippen LogP contribution < -0.4 is 5.32 Å². The number of fused-ring (bicyclic) bond motifs is 1. The van der Waals surface area contributed by atoms with E-state index in [0.717, 1.165) is 4.88 Å². The second kappa shape index (κ2) is 9.04. The zero-order valence-electron chi connectivity index (χ0n) is 17.1. The molecule has 4 rings (SSSR count). The Morgan fingerprint density at radius 2 is 1.97 bits per heavy atom. The maximum atomic E-state index is 13.6. The van der Waals surface area contributed by atoms with Gasteiger partial charge in [0.25, 0.3) is 5.91 Å². The van der Waals surface area contributed by atoms with Crippen LogP contribution in [0.1, 0.15) is 38.3 Å². The van der Waals surface area contributed by atoms with Crippen LogP contribution in [0.2, 0.25) is 0 Å². The van der Waals surface area contributed by atoms with Crippen LogP contribution in [0.15, 0.2) is 66.0 Å². The molecule has 2 atom stereocenters. The van der Waals surface area contributed by atoms with E-state index < -0.39 is 17.9 Å². The maximum absolute atomic E-state index is 13.6. The van der Waals surface area contributed by atoms with Gasteiger partial charge in [-0.05, 0) is 41.3 Å². The topological polar surface area (TPSA) is 99.5 Å². The number of amides is 2. The molecule has 32 heavy (non-hydrogen) atoms. The standard InChI is InChI=1S/C24H19N3O4S/c1-31-20(28)14-27-22(19-10-5-11-32-19)21(17-8-2-3-9-18(17)24(27)30)23(29)26-16-7-4-6-15(12-16)13-25/h2-12,21-22H,14H2,1H3,(H,26,29)/t21-,22+/m0/s1. The molecule has 3 aromatic rings. The van der Waals surface area contributed by atoms with Crippen molar-refractivity contribution < 1.29 is 19.1 Å². The van der Waals surface area contributed by atoms with Gasteiger partial charge < -0.3 is 15.0 Å². The Labute approximate surface area is 188 Å². The van der Waals surface area contributed by atoms with Crippen LogP contribution in [-0.4, -0.2) is 36.3 Å². The molecule has 7 nitrogen and oxygen atoms in total. The van der Waals surface area contributed by atoms with Gasteiger partial charge in [-0.2, -0.15) is 5.26 Å². The average Bonchev–Trinajstić information content (AvgIpc) is 3.35. The minimum atomic E-state index is -0.766. The van der Waals surface area contributed by atoms with Crippen molar-refractivity contribution in [3.8, 4) is 6.07 Å². The van der Waals surface area contributed by atoms with E-state index in [1.54, 1.807) is 48.5 Å². The third-order valence-corrected chi connectivity index (χ3v) is 6.29. The molecular formula is C24H19N3O4S. The molecular weight excluding hydrogens is 426 g/mol. The summed E-state index contributed by atoms with van der Waals surface area (Å²) < 4.78 is 4.81. The van der Waals surface area contributed by atoms with E-state index in [2.05, 4.69) is 11.4 Å².